The summed E-state index contributed by atoms with van der Waals surface area (Å²) in [6.07, 6.45) is 1.09. The van der Waals surface area contributed by atoms with Crippen molar-refractivity contribution in [3.8, 4) is 5.75 Å². The van der Waals surface area contributed by atoms with Gasteiger partial charge in [0.1, 0.15) is 10.7 Å². The summed E-state index contributed by atoms with van der Waals surface area (Å²) >= 11 is 10.9. The largest absolute Gasteiger partial charge is 0.490 e. The Kier molecular flexibility index (Phi) is 5.22. The van der Waals surface area contributed by atoms with Crippen molar-refractivity contribution in [3.63, 3.8) is 0 Å². The molecule has 2 nitrogen and oxygen atoms in total. The molecule has 0 bridgehead atoms. The van der Waals surface area contributed by atoms with Gasteiger partial charge in [0, 0.05) is 5.02 Å². The van der Waals surface area contributed by atoms with Crippen LogP contribution in [0.5, 0.6) is 5.75 Å². The Morgan fingerprint density at radius 2 is 2.06 bits per heavy atom. The molecule has 0 aliphatic rings. The van der Waals surface area contributed by atoms with Crippen LogP contribution in [0.2, 0.25) is 5.02 Å². The van der Waals surface area contributed by atoms with Crippen LogP contribution < -0.4 is 10.5 Å². The third kappa shape index (κ3) is 4.52. The molecule has 0 heterocycles. The highest BCUT2D eigenvalue weighted by atomic mass is 35.5. The van der Waals surface area contributed by atoms with E-state index in [2.05, 4.69) is 13.8 Å². The minimum absolute atomic E-state index is 0.113. The molecule has 0 saturated carbocycles. The SMILES string of the molecule is CC(C)CC(C)Oc1cc(Cl)ccc1C(N)=S. The van der Waals surface area contributed by atoms with Crippen molar-refractivity contribution in [1.29, 1.82) is 0 Å². The number of hydrogen-bond acceptors (Lipinski definition) is 2. The van der Waals surface area contributed by atoms with E-state index in [0.717, 1.165) is 12.0 Å². The lowest BCUT2D eigenvalue weighted by molar-refractivity contribution is 0.193. The van der Waals surface area contributed by atoms with E-state index >= 15 is 0 Å². The van der Waals surface area contributed by atoms with Crippen molar-refractivity contribution in [3.05, 3.63) is 28.8 Å². The van der Waals surface area contributed by atoms with Gasteiger partial charge in [-0.15, -0.1) is 0 Å². The zero-order chi connectivity index (χ0) is 13.0. The molecule has 1 atom stereocenters. The number of benzene rings is 1. The predicted octanol–water partition coefficient (Wildman–Crippen LogP) is 3.79. The Hall–Kier alpha value is -0.800. The quantitative estimate of drug-likeness (QED) is 0.828. The number of nitrogens with two attached hydrogens (primary N) is 1. The molecule has 2 N–H and O–H groups in total. The summed E-state index contributed by atoms with van der Waals surface area (Å²) in [4.78, 5) is 0.327. The van der Waals surface area contributed by atoms with Gasteiger partial charge in [0.2, 0.25) is 0 Å². The molecule has 0 spiro atoms. The van der Waals surface area contributed by atoms with Crippen molar-refractivity contribution in [1.82, 2.24) is 0 Å². The Balaban J connectivity index is 2.88. The first-order chi connectivity index (χ1) is 7.90. The van der Waals surface area contributed by atoms with E-state index in [1.165, 1.54) is 0 Å². The van der Waals surface area contributed by atoms with Gasteiger partial charge >= 0.3 is 0 Å². The molecule has 0 aromatic heterocycles. The van der Waals surface area contributed by atoms with Crippen LogP contribution in [0.25, 0.3) is 0 Å². The van der Waals surface area contributed by atoms with E-state index in [-0.39, 0.29) is 6.10 Å². The first-order valence-electron chi connectivity index (χ1n) is 5.66. The molecule has 17 heavy (non-hydrogen) atoms. The van der Waals surface area contributed by atoms with Gasteiger partial charge in [-0.3, -0.25) is 0 Å². The number of thiocarbonyl (C=S) groups is 1. The van der Waals surface area contributed by atoms with Crippen molar-refractivity contribution >= 4 is 28.8 Å². The van der Waals surface area contributed by atoms with Gasteiger partial charge in [-0.05, 0) is 37.5 Å². The van der Waals surface area contributed by atoms with Crippen LogP contribution in [0, 0.1) is 5.92 Å². The zero-order valence-corrected chi connectivity index (χ0v) is 11.9. The standard InChI is InChI=1S/C13H18ClNOS/c1-8(2)6-9(3)16-12-7-10(14)4-5-11(12)13(15)17/h4-5,7-9H,6H2,1-3H3,(H2,15,17). The topological polar surface area (TPSA) is 35.2 Å². The third-order valence-corrected chi connectivity index (χ3v) is 2.80. The van der Waals surface area contributed by atoms with E-state index in [4.69, 9.17) is 34.3 Å². The molecule has 4 heteroatoms. The highest BCUT2D eigenvalue weighted by molar-refractivity contribution is 7.80. The van der Waals surface area contributed by atoms with Gasteiger partial charge in [-0.1, -0.05) is 37.7 Å². The monoisotopic (exact) mass is 271 g/mol. The molecule has 0 aliphatic carbocycles. The molecular formula is C13H18ClNOS. The number of halogens is 1. The molecule has 0 fully saturated rings. The average molecular weight is 272 g/mol. The number of ether oxygens (including phenoxy) is 1. The lowest BCUT2D eigenvalue weighted by Crippen LogP contribution is -2.18. The van der Waals surface area contributed by atoms with Crippen LogP contribution in [-0.4, -0.2) is 11.1 Å². The summed E-state index contributed by atoms with van der Waals surface area (Å²) in [5.74, 6) is 1.25. The third-order valence-electron chi connectivity index (χ3n) is 2.34. The van der Waals surface area contributed by atoms with Crippen LogP contribution in [0.4, 0.5) is 0 Å². The molecule has 94 valence electrons. The highest BCUT2D eigenvalue weighted by Crippen LogP contribution is 2.25. The fourth-order valence-electron chi connectivity index (χ4n) is 1.73. The maximum absolute atomic E-state index is 5.95. The molecule has 1 aromatic carbocycles. The lowest BCUT2D eigenvalue weighted by Gasteiger charge is -2.18. The second-order valence-corrected chi connectivity index (χ2v) is 5.44. The van der Waals surface area contributed by atoms with Gasteiger partial charge < -0.3 is 10.5 Å². The minimum Gasteiger partial charge on any atom is -0.490 e. The Morgan fingerprint density at radius 1 is 1.41 bits per heavy atom. The van der Waals surface area contributed by atoms with Crippen LogP contribution >= 0.6 is 23.8 Å². The zero-order valence-electron chi connectivity index (χ0n) is 10.4. The van der Waals surface area contributed by atoms with Crippen LogP contribution in [-0.2, 0) is 0 Å². The van der Waals surface area contributed by atoms with Gasteiger partial charge in [0.15, 0.2) is 0 Å². The first kappa shape index (κ1) is 14.3. The molecule has 0 saturated heterocycles. The molecule has 1 aromatic rings. The number of rotatable bonds is 5. The maximum Gasteiger partial charge on any atom is 0.131 e. The lowest BCUT2D eigenvalue weighted by atomic mass is 10.1. The van der Waals surface area contributed by atoms with Crippen molar-refractivity contribution in [2.24, 2.45) is 11.7 Å². The summed E-state index contributed by atoms with van der Waals surface area (Å²) in [5, 5.41) is 0.622. The van der Waals surface area contributed by atoms with Gasteiger partial charge in [-0.25, -0.2) is 0 Å². The highest BCUT2D eigenvalue weighted by Gasteiger charge is 2.12. The fraction of sp³-hybridized carbons (Fsp3) is 0.462. The van der Waals surface area contributed by atoms with E-state index in [0.29, 0.717) is 21.7 Å². The Bertz CT molecular complexity index is 406. The van der Waals surface area contributed by atoms with Crippen molar-refractivity contribution < 1.29 is 4.74 Å². The molecule has 0 aliphatic heterocycles. The Morgan fingerprint density at radius 3 is 2.59 bits per heavy atom. The fourth-order valence-corrected chi connectivity index (χ4v) is 2.06. The summed E-state index contributed by atoms with van der Waals surface area (Å²) in [7, 11) is 0. The van der Waals surface area contributed by atoms with E-state index in [9.17, 15) is 0 Å². The van der Waals surface area contributed by atoms with E-state index < -0.39 is 0 Å². The molecule has 0 radical (unpaired) electrons. The maximum atomic E-state index is 5.95. The van der Waals surface area contributed by atoms with Gasteiger partial charge in [0.25, 0.3) is 0 Å². The second kappa shape index (κ2) is 6.22. The molecule has 1 rings (SSSR count). The first-order valence-corrected chi connectivity index (χ1v) is 6.44. The van der Waals surface area contributed by atoms with Crippen LogP contribution in [0.3, 0.4) is 0 Å². The summed E-state index contributed by atoms with van der Waals surface area (Å²) in [5.41, 5.74) is 6.39. The van der Waals surface area contributed by atoms with Crippen molar-refractivity contribution in [2.75, 3.05) is 0 Å². The summed E-state index contributed by atoms with van der Waals surface area (Å²) in [6.45, 7) is 6.35. The number of hydrogen-bond donors (Lipinski definition) is 1. The van der Waals surface area contributed by atoms with E-state index in [1.54, 1.807) is 18.2 Å². The minimum atomic E-state index is 0.113. The molecule has 0 amide bonds. The van der Waals surface area contributed by atoms with Gasteiger partial charge in [0.05, 0.1) is 11.7 Å². The normalized spacial score (nSPS) is 12.5. The van der Waals surface area contributed by atoms with Crippen LogP contribution in [0.1, 0.15) is 32.8 Å². The second-order valence-electron chi connectivity index (χ2n) is 4.56. The van der Waals surface area contributed by atoms with E-state index in [1.807, 2.05) is 6.92 Å². The predicted molar refractivity (Wildman–Crippen MR) is 76.9 cm³/mol. The molecular weight excluding hydrogens is 254 g/mol. The molecule has 1 unspecified atom stereocenters. The van der Waals surface area contributed by atoms with Crippen molar-refractivity contribution in [2.45, 2.75) is 33.3 Å². The summed E-state index contributed by atoms with van der Waals surface area (Å²) < 4.78 is 5.85. The smallest absolute Gasteiger partial charge is 0.131 e. The average Bonchev–Trinajstić information content (AvgIpc) is 2.15. The summed E-state index contributed by atoms with van der Waals surface area (Å²) in [6, 6.07) is 5.31. The van der Waals surface area contributed by atoms with Gasteiger partial charge in [-0.2, -0.15) is 0 Å². The Labute approximate surface area is 113 Å². The van der Waals surface area contributed by atoms with Crippen LogP contribution in [0.15, 0.2) is 18.2 Å².